The lowest BCUT2D eigenvalue weighted by atomic mass is 10.1. The molecule has 0 aromatic carbocycles. The minimum Gasteiger partial charge on any atom is -0.469 e. The Hall–Kier alpha value is -0.570. The zero-order chi connectivity index (χ0) is 12.6. The molecule has 0 bridgehead atoms. The first kappa shape index (κ1) is 3.90. The van der Waals surface area contributed by atoms with Crippen molar-refractivity contribution in [1.29, 1.82) is 0 Å². The Labute approximate surface area is 74.3 Å². The number of carbonyl (C=O) groups excluding carboxylic acids is 1. The molecule has 0 amide bonds. The van der Waals surface area contributed by atoms with Crippen LogP contribution >= 0.6 is 0 Å². The lowest BCUT2D eigenvalue weighted by molar-refractivity contribution is -0.141. The van der Waals surface area contributed by atoms with Gasteiger partial charge in [-0.1, -0.05) is 0 Å². The summed E-state index contributed by atoms with van der Waals surface area (Å²) in [5.74, 6) is -1.31. The third-order valence-electron chi connectivity index (χ3n) is 1.90. The molecule has 0 radical (unpaired) electrons. The molecule has 1 aliphatic rings. The zero-order valence-corrected chi connectivity index (χ0v) is 6.46. The Morgan fingerprint density at radius 2 is 2.82 bits per heavy atom. The molecule has 64 valence electrons. The SMILES string of the molecule is [2H]C([2H])([2H])OC(=O)C([2H])([2H])[C@H]1CCCN1C. The van der Waals surface area contributed by atoms with E-state index in [-0.39, 0.29) is 0 Å². The van der Waals surface area contributed by atoms with E-state index in [0.717, 1.165) is 6.42 Å². The number of esters is 1. The van der Waals surface area contributed by atoms with Gasteiger partial charge in [0.1, 0.15) is 0 Å². The largest absolute Gasteiger partial charge is 0.469 e. The van der Waals surface area contributed by atoms with E-state index in [4.69, 9.17) is 6.85 Å². The first-order chi connectivity index (χ1) is 7.14. The van der Waals surface area contributed by atoms with Gasteiger partial charge in [0, 0.05) is 8.78 Å². The predicted molar refractivity (Wildman–Crippen MR) is 42.3 cm³/mol. The molecule has 0 aromatic heterocycles. The third kappa shape index (κ3) is 2.19. The number of likely N-dealkylation sites (tertiary alicyclic amines) is 1. The first-order valence-corrected chi connectivity index (χ1v) is 3.58. The van der Waals surface area contributed by atoms with E-state index in [0.29, 0.717) is 13.0 Å². The molecule has 0 spiro atoms. The fraction of sp³-hybridized carbons (Fsp3) is 0.875. The summed E-state index contributed by atoms with van der Waals surface area (Å²) >= 11 is 0. The standard InChI is InChI=1S/C8H15NO2/c1-9-5-3-4-7(9)6-8(10)11-2/h7H,3-6H2,1-2H3/t7-/m1/s1/i2D3,6D2. The van der Waals surface area contributed by atoms with Crippen LogP contribution < -0.4 is 0 Å². The highest BCUT2D eigenvalue weighted by atomic mass is 16.5. The second kappa shape index (κ2) is 3.72. The Morgan fingerprint density at radius 1 is 2.00 bits per heavy atom. The normalized spacial score (nSPS) is 34.6. The molecule has 1 aliphatic heterocycles. The van der Waals surface area contributed by atoms with E-state index in [9.17, 15) is 4.79 Å². The smallest absolute Gasteiger partial charge is 0.307 e. The maximum atomic E-state index is 11.4. The van der Waals surface area contributed by atoms with Crippen LogP contribution in [-0.4, -0.2) is 37.5 Å². The number of hydrogen-bond acceptors (Lipinski definition) is 3. The summed E-state index contributed by atoms with van der Waals surface area (Å²) < 4.78 is 39.7. The van der Waals surface area contributed by atoms with E-state index in [1.807, 2.05) is 0 Å². The number of nitrogens with zero attached hydrogens (tertiary/aromatic N) is 1. The van der Waals surface area contributed by atoms with Crippen molar-refractivity contribution in [3.05, 3.63) is 0 Å². The van der Waals surface area contributed by atoms with E-state index in [1.165, 1.54) is 0 Å². The summed E-state index contributed by atoms with van der Waals surface area (Å²) in [5.41, 5.74) is 0. The van der Waals surface area contributed by atoms with Crippen LogP contribution in [0.3, 0.4) is 0 Å². The van der Waals surface area contributed by atoms with Crippen LogP contribution in [0, 0.1) is 0 Å². The maximum absolute atomic E-state index is 11.4. The molecule has 1 atom stereocenters. The van der Waals surface area contributed by atoms with Crippen molar-refractivity contribution in [2.45, 2.75) is 25.3 Å². The molecule has 0 aromatic rings. The number of hydrogen-bond donors (Lipinski definition) is 0. The minimum absolute atomic E-state index is 0.527. The summed E-state index contributed by atoms with van der Waals surface area (Å²) in [6.07, 6.45) is -0.957. The fourth-order valence-corrected chi connectivity index (χ4v) is 1.26. The van der Waals surface area contributed by atoms with Crippen LogP contribution in [0.15, 0.2) is 0 Å². The Balaban J connectivity index is 2.72. The van der Waals surface area contributed by atoms with E-state index in [1.54, 1.807) is 11.9 Å². The van der Waals surface area contributed by atoms with Crippen LogP contribution in [0.2, 0.25) is 0 Å². The van der Waals surface area contributed by atoms with Gasteiger partial charge in [-0.2, -0.15) is 0 Å². The van der Waals surface area contributed by atoms with Crippen molar-refractivity contribution in [1.82, 2.24) is 4.90 Å². The van der Waals surface area contributed by atoms with Crippen LogP contribution in [0.4, 0.5) is 0 Å². The van der Waals surface area contributed by atoms with Crippen LogP contribution in [-0.2, 0) is 9.53 Å². The van der Waals surface area contributed by atoms with Crippen LogP contribution in [0.25, 0.3) is 0 Å². The Morgan fingerprint density at radius 3 is 3.36 bits per heavy atom. The van der Waals surface area contributed by atoms with Gasteiger partial charge in [-0.3, -0.25) is 4.79 Å². The number of methoxy groups -OCH3 is 1. The molecular weight excluding hydrogens is 142 g/mol. The fourth-order valence-electron chi connectivity index (χ4n) is 1.26. The first-order valence-electron chi connectivity index (χ1n) is 6.08. The number of ether oxygens (including phenoxy) is 1. The summed E-state index contributed by atoms with van der Waals surface area (Å²) in [7, 11) is -1.18. The number of carbonyl (C=O) groups is 1. The second-order valence-electron chi connectivity index (χ2n) is 2.67. The van der Waals surface area contributed by atoms with E-state index in [2.05, 4.69) is 4.74 Å². The Kier molecular flexibility index (Phi) is 1.32. The average molecular weight is 162 g/mol. The van der Waals surface area contributed by atoms with Crippen molar-refractivity contribution >= 4 is 5.97 Å². The van der Waals surface area contributed by atoms with Gasteiger partial charge in [0.05, 0.1) is 17.5 Å². The molecule has 1 rings (SSSR count). The van der Waals surface area contributed by atoms with Crippen molar-refractivity contribution < 1.29 is 16.4 Å². The lowest BCUT2D eigenvalue weighted by Crippen LogP contribution is -2.27. The van der Waals surface area contributed by atoms with Crippen molar-refractivity contribution in [2.75, 3.05) is 20.6 Å². The molecule has 11 heavy (non-hydrogen) atoms. The molecule has 1 fully saturated rings. The highest BCUT2D eigenvalue weighted by molar-refractivity contribution is 5.69. The zero-order valence-electron chi connectivity index (χ0n) is 11.5. The number of rotatable bonds is 2. The molecule has 1 heterocycles. The Bertz CT molecular complexity index is 278. The van der Waals surface area contributed by atoms with Crippen LogP contribution in [0.5, 0.6) is 0 Å². The predicted octanol–water partition coefficient (Wildman–Crippen LogP) is 0.644. The van der Waals surface area contributed by atoms with Crippen molar-refractivity contribution in [2.24, 2.45) is 0 Å². The van der Waals surface area contributed by atoms with E-state index < -0.39 is 25.4 Å². The molecular formula is C8H15NO2. The van der Waals surface area contributed by atoms with Gasteiger partial charge in [-0.05, 0) is 26.4 Å². The highest BCUT2D eigenvalue weighted by Gasteiger charge is 2.23. The van der Waals surface area contributed by atoms with Crippen molar-refractivity contribution in [3.63, 3.8) is 0 Å². The van der Waals surface area contributed by atoms with Gasteiger partial charge < -0.3 is 9.64 Å². The minimum atomic E-state index is -2.89. The summed E-state index contributed by atoms with van der Waals surface area (Å²) in [5, 5.41) is 0. The molecule has 0 N–H and O–H groups in total. The van der Waals surface area contributed by atoms with Crippen molar-refractivity contribution in [3.8, 4) is 0 Å². The second-order valence-corrected chi connectivity index (χ2v) is 2.67. The lowest BCUT2D eigenvalue weighted by Gasteiger charge is -2.17. The monoisotopic (exact) mass is 162 g/mol. The van der Waals surface area contributed by atoms with Gasteiger partial charge in [0.25, 0.3) is 0 Å². The van der Waals surface area contributed by atoms with E-state index >= 15 is 0 Å². The van der Waals surface area contributed by atoms with Gasteiger partial charge in [0.15, 0.2) is 0 Å². The van der Waals surface area contributed by atoms with Crippen LogP contribution in [0.1, 0.15) is 26.1 Å². The summed E-state index contributed by atoms with van der Waals surface area (Å²) in [6, 6.07) is -0.609. The molecule has 0 aliphatic carbocycles. The summed E-state index contributed by atoms with van der Waals surface area (Å²) in [6.45, 7) is 0.700. The molecule has 3 heteroatoms. The highest BCUT2D eigenvalue weighted by Crippen LogP contribution is 2.17. The molecule has 3 nitrogen and oxygen atoms in total. The summed E-state index contributed by atoms with van der Waals surface area (Å²) in [4.78, 5) is 13.1. The van der Waals surface area contributed by atoms with Gasteiger partial charge in [-0.25, -0.2) is 0 Å². The molecule has 0 unspecified atom stereocenters. The third-order valence-corrected chi connectivity index (χ3v) is 1.90. The quantitative estimate of drug-likeness (QED) is 0.558. The maximum Gasteiger partial charge on any atom is 0.307 e. The molecule has 1 saturated heterocycles. The van der Waals surface area contributed by atoms with Gasteiger partial charge >= 0.3 is 5.97 Å². The van der Waals surface area contributed by atoms with Gasteiger partial charge in [0.2, 0.25) is 0 Å². The van der Waals surface area contributed by atoms with Gasteiger partial charge in [-0.15, -0.1) is 0 Å². The topological polar surface area (TPSA) is 29.5 Å². The molecule has 0 saturated carbocycles. The average Bonchev–Trinajstić information content (AvgIpc) is 2.48.